The Morgan fingerprint density at radius 1 is 1.83 bits per heavy atom. The molecule has 0 spiro atoms. The number of nitrogens with two attached hydrogens (primary N) is 1. The fourth-order valence-electron chi connectivity index (χ4n) is 0. The topological polar surface area (TPSA) is 61.8 Å². The Bertz CT molecular complexity index is 46.1. The van der Waals surface area contributed by atoms with Gasteiger partial charge in [-0.05, 0) is 0 Å². The van der Waals surface area contributed by atoms with E-state index in [1.807, 2.05) is 5.43 Å². The van der Waals surface area contributed by atoms with Crippen LogP contribution in [0.2, 0.25) is 0 Å². The Morgan fingerprint density at radius 2 is 2.00 bits per heavy atom. The van der Waals surface area contributed by atoms with Crippen LogP contribution in [0.1, 0.15) is 0 Å². The van der Waals surface area contributed by atoms with E-state index in [4.69, 9.17) is 5.73 Å². The number of hydrogen-bond acceptors (Lipinski definition) is 2. The van der Waals surface area contributed by atoms with Crippen molar-refractivity contribution < 1.29 is 58.2 Å². The van der Waals surface area contributed by atoms with Gasteiger partial charge in [-0.1, -0.05) is 12.2 Å². The average Bonchev–Trinajstić information content (AvgIpc) is 1.38. The van der Waals surface area contributed by atoms with E-state index < -0.39 is 0 Å². The first-order valence-corrected chi connectivity index (χ1v) is 1.40. The number of rotatable bonds is 0. The van der Waals surface area contributed by atoms with Crippen LogP contribution in [0.15, 0.2) is 0 Å². The van der Waals surface area contributed by atoms with Crippen LogP contribution in [0.25, 0.3) is 5.73 Å². The van der Waals surface area contributed by atoms with Crippen LogP contribution in [0.5, 0.6) is 0 Å². The Hall–Kier alpha value is 1.46. The second-order valence-electron chi connectivity index (χ2n) is 0.473. The predicted molar refractivity (Wildman–Crippen MR) is 24.2 cm³/mol. The molecule has 0 saturated heterocycles. The normalized spacial score (nSPS) is 5.50. The molecule has 0 atom stereocenters. The second kappa shape index (κ2) is 6.46. The zero-order chi connectivity index (χ0) is 4.28. The van der Waals surface area contributed by atoms with Gasteiger partial charge in [-0.15, -0.1) is 0 Å². The molecule has 0 unspecified atom stereocenters. The summed E-state index contributed by atoms with van der Waals surface area (Å²) in [5.74, 6) is 4.59. The van der Waals surface area contributed by atoms with Crippen molar-refractivity contribution in [1.82, 2.24) is 5.43 Å². The first-order chi connectivity index (χ1) is 2.27. The molecule has 0 aliphatic rings. The van der Waals surface area contributed by atoms with Crippen LogP contribution < -0.4 is 69.5 Å². The Morgan fingerprint density at radius 3 is 2.00 bits per heavy atom. The van der Waals surface area contributed by atoms with E-state index >= 15 is 0 Å². The molecule has 0 heterocycles. The summed E-state index contributed by atoms with van der Waals surface area (Å²) in [6.07, 6.45) is 0. The fraction of sp³-hybridized carbons (Fsp3) is 0. The molecule has 0 amide bonds. The van der Waals surface area contributed by atoms with Gasteiger partial charge >= 0.3 is 58.2 Å². The van der Waals surface area contributed by atoms with Crippen molar-refractivity contribution in [2.45, 2.75) is 0 Å². The van der Waals surface area contributed by atoms with E-state index in [2.05, 4.69) is 18.1 Å². The fourth-order valence-corrected chi connectivity index (χ4v) is 0. The van der Waals surface area contributed by atoms with Crippen molar-refractivity contribution in [3.63, 3.8) is 0 Å². The molecule has 0 radical (unpaired) electrons. The van der Waals surface area contributed by atoms with Crippen molar-refractivity contribution in [3.8, 4) is 0 Å². The third-order valence-corrected chi connectivity index (χ3v) is 0.249. The van der Waals surface area contributed by atoms with Gasteiger partial charge in [-0.3, -0.25) is 0 Å². The summed E-state index contributed by atoms with van der Waals surface area (Å²) in [5, 5.41) is -0.134. The molecule has 6 heavy (non-hydrogen) atoms. The smallest absolute Gasteiger partial charge is 0.472 e. The quantitative estimate of drug-likeness (QED) is 0.232. The summed E-state index contributed by atoms with van der Waals surface area (Å²) in [4.78, 5) is 0. The van der Waals surface area contributed by atoms with E-state index in [0.29, 0.717) is 0 Å². The van der Waals surface area contributed by atoms with E-state index in [1.165, 1.54) is 0 Å². The molecule has 0 aliphatic carbocycles. The summed E-state index contributed by atoms with van der Waals surface area (Å²) in [6.45, 7) is 0. The van der Waals surface area contributed by atoms with Gasteiger partial charge in [0.1, 0.15) is 0 Å². The molecular formula is CH4N3RbS. The largest absolute Gasteiger partial charge is 1.00 e. The molecule has 0 aromatic rings. The Labute approximate surface area is 90.6 Å². The Kier molecular flexibility index (Phi) is 11.2. The minimum Gasteiger partial charge on any atom is -0.472 e. The molecule has 4 N–H and O–H groups in total. The number of hydrogen-bond donors (Lipinski definition) is 2. The van der Waals surface area contributed by atoms with Crippen LogP contribution in [0, 0.1) is 0 Å². The van der Waals surface area contributed by atoms with Crippen LogP contribution in [-0.4, -0.2) is 5.11 Å². The van der Waals surface area contributed by atoms with Crippen LogP contribution in [0.4, 0.5) is 0 Å². The first kappa shape index (κ1) is 10.4. The van der Waals surface area contributed by atoms with Gasteiger partial charge < -0.3 is 17.0 Å². The van der Waals surface area contributed by atoms with Crippen LogP contribution in [0.3, 0.4) is 0 Å². The summed E-state index contributed by atoms with van der Waals surface area (Å²) in [5.41, 5.74) is 8.25. The van der Waals surface area contributed by atoms with Crippen molar-refractivity contribution in [2.24, 2.45) is 5.84 Å². The third-order valence-electron chi connectivity index (χ3n) is 0.131. The minimum atomic E-state index is -0.134. The maximum Gasteiger partial charge on any atom is 1.00 e. The molecule has 0 aromatic heterocycles. The van der Waals surface area contributed by atoms with Gasteiger partial charge in [0.2, 0.25) is 0 Å². The molecule has 3 nitrogen and oxygen atoms in total. The number of hydrazine groups is 1. The SMILES string of the molecule is [NH-]C(=S)NN.[Rb+]. The summed E-state index contributed by atoms with van der Waals surface area (Å²) in [7, 11) is 0. The van der Waals surface area contributed by atoms with Gasteiger partial charge in [0.15, 0.2) is 0 Å². The van der Waals surface area contributed by atoms with Gasteiger partial charge in [0.25, 0.3) is 0 Å². The molecule has 0 rings (SSSR count). The maximum absolute atomic E-state index is 6.32. The number of nitrogens with one attached hydrogen (secondary N) is 2. The monoisotopic (exact) mass is 175 g/mol. The molecular weight excluding hydrogens is 172 g/mol. The summed E-state index contributed by atoms with van der Waals surface area (Å²) in [6, 6.07) is 0. The molecule has 30 valence electrons. The van der Waals surface area contributed by atoms with Crippen molar-refractivity contribution in [1.29, 1.82) is 0 Å². The van der Waals surface area contributed by atoms with E-state index in [9.17, 15) is 0 Å². The predicted octanol–water partition coefficient (Wildman–Crippen LogP) is -3.21. The van der Waals surface area contributed by atoms with Crippen molar-refractivity contribution in [2.75, 3.05) is 0 Å². The molecule has 0 fully saturated rings. The van der Waals surface area contributed by atoms with Gasteiger partial charge in [0, 0.05) is 5.11 Å². The molecule has 0 bridgehead atoms. The first-order valence-electron chi connectivity index (χ1n) is 0.993. The zero-order valence-corrected chi connectivity index (χ0v) is 9.22. The molecule has 0 saturated carbocycles. The summed E-state index contributed by atoms with van der Waals surface area (Å²) >= 11 is 4.13. The maximum atomic E-state index is 6.32. The standard InChI is InChI=1S/CH5N3S.Rb/c2-1(5)4-3;/h3H2,(H3,2,4,5);/q;+1/p-1. The van der Waals surface area contributed by atoms with Gasteiger partial charge in [-0.2, -0.15) is 0 Å². The van der Waals surface area contributed by atoms with Crippen LogP contribution >= 0.6 is 12.2 Å². The van der Waals surface area contributed by atoms with Crippen LogP contribution in [-0.2, 0) is 0 Å². The van der Waals surface area contributed by atoms with Crippen molar-refractivity contribution >= 4 is 17.3 Å². The van der Waals surface area contributed by atoms with Crippen molar-refractivity contribution in [3.05, 3.63) is 5.73 Å². The zero-order valence-electron chi connectivity index (χ0n) is 3.49. The van der Waals surface area contributed by atoms with E-state index in [1.54, 1.807) is 0 Å². The molecule has 5 heteroatoms. The average molecular weight is 176 g/mol. The third kappa shape index (κ3) is 9.07. The van der Waals surface area contributed by atoms with E-state index in [-0.39, 0.29) is 63.3 Å². The second-order valence-corrected chi connectivity index (χ2v) is 0.882. The summed E-state index contributed by atoms with van der Waals surface area (Å²) < 4.78 is 0. The van der Waals surface area contributed by atoms with E-state index in [0.717, 1.165) is 0 Å². The number of thiocarbonyl (C=S) groups is 1. The molecule has 0 aromatic carbocycles. The molecule has 0 aliphatic heterocycles. The van der Waals surface area contributed by atoms with Gasteiger partial charge in [0.05, 0.1) is 0 Å². The Balaban J connectivity index is 0. The minimum absolute atomic E-state index is 0. The van der Waals surface area contributed by atoms with Gasteiger partial charge in [-0.25, -0.2) is 0 Å².